The minimum absolute atomic E-state index is 0.0949. The summed E-state index contributed by atoms with van der Waals surface area (Å²) in [5, 5.41) is 10.4. The van der Waals surface area contributed by atoms with Gasteiger partial charge in [-0.25, -0.2) is 0 Å². The minimum atomic E-state index is -0.318. The Kier molecular flexibility index (Phi) is 11.5. The number of unbranched alkanes of at least 4 members (excludes halogenated alkanes) is 1. The number of methoxy groups -OCH3 is 2. The van der Waals surface area contributed by atoms with Gasteiger partial charge in [0.25, 0.3) is 0 Å². The van der Waals surface area contributed by atoms with Crippen molar-refractivity contribution in [2.45, 2.75) is 39.5 Å². The first-order valence-electron chi connectivity index (χ1n) is 14.0. The predicted octanol–water partition coefficient (Wildman–Crippen LogP) is 5.45. The van der Waals surface area contributed by atoms with Gasteiger partial charge in [0.15, 0.2) is 17.1 Å². The maximum absolute atomic E-state index is 13.1. The molecule has 2 aromatic carbocycles. The molecule has 8 nitrogen and oxygen atoms in total. The Morgan fingerprint density at radius 3 is 2.13 bits per heavy atom. The van der Waals surface area contributed by atoms with E-state index in [0.29, 0.717) is 11.3 Å². The zero-order valence-electron chi connectivity index (χ0n) is 24.5. The van der Waals surface area contributed by atoms with E-state index in [-0.39, 0.29) is 33.6 Å². The van der Waals surface area contributed by atoms with E-state index in [1.807, 2.05) is 24.3 Å². The third-order valence-electron chi connectivity index (χ3n) is 7.22. The summed E-state index contributed by atoms with van der Waals surface area (Å²) in [5.41, 5.74) is 1.66. The standard InChI is InChI=1S/C31H45N3O5/c1-7-18-34(8-2)22-11-20-32(3)19-9-10-21-33(4)24-14-12-23(13-15-24)28-31(38-6)27(36)25-16-17-26(35)30(37-5)29(25)39-28/h12-17,35H,7-11,18-22H2,1-6H3. The molecule has 0 aliphatic carbocycles. The van der Waals surface area contributed by atoms with Crippen LogP contribution in [0, 0.1) is 0 Å². The van der Waals surface area contributed by atoms with Gasteiger partial charge >= 0.3 is 0 Å². The first-order chi connectivity index (χ1) is 18.8. The average Bonchev–Trinajstić information content (AvgIpc) is 2.94. The summed E-state index contributed by atoms with van der Waals surface area (Å²) in [4.78, 5) is 20.3. The molecule has 3 rings (SSSR count). The SMILES string of the molecule is CCCN(CC)CCCN(C)CCCCN(C)c1ccc(-c2oc3c(OC)c(O)ccc3c(=O)c2OC)cc1. The second-order valence-corrected chi connectivity index (χ2v) is 10.1. The van der Waals surface area contributed by atoms with E-state index in [9.17, 15) is 9.90 Å². The number of nitrogens with zero attached hydrogens (tertiary/aromatic N) is 3. The highest BCUT2D eigenvalue weighted by molar-refractivity contribution is 5.88. The summed E-state index contributed by atoms with van der Waals surface area (Å²) < 4.78 is 16.8. The lowest BCUT2D eigenvalue weighted by Gasteiger charge is -2.23. The van der Waals surface area contributed by atoms with Crippen LogP contribution in [0.3, 0.4) is 0 Å². The van der Waals surface area contributed by atoms with Crippen molar-refractivity contribution >= 4 is 16.7 Å². The van der Waals surface area contributed by atoms with Crippen LogP contribution in [0.5, 0.6) is 17.2 Å². The summed E-state index contributed by atoms with van der Waals surface area (Å²) in [6.07, 6.45) is 4.69. The van der Waals surface area contributed by atoms with Gasteiger partial charge < -0.3 is 33.7 Å². The van der Waals surface area contributed by atoms with E-state index in [2.05, 4.69) is 42.6 Å². The van der Waals surface area contributed by atoms with Crippen LogP contribution < -0.4 is 19.8 Å². The summed E-state index contributed by atoms with van der Waals surface area (Å²) in [6, 6.07) is 10.8. The summed E-state index contributed by atoms with van der Waals surface area (Å²) in [7, 11) is 7.19. The third kappa shape index (κ3) is 7.67. The second-order valence-electron chi connectivity index (χ2n) is 10.1. The van der Waals surface area contributed by atoms with E-state index < -0.39 is 0 Å². The number of hydrogen-bond acceptors (Lipinski definition) is 8. The van der Waals surface area contributed by atoms with Crippen LogP contribution in [0.4, 0.5) is 5.69 Å². The topological polar surface area (TPSA) is 78.6 Å². The fraction of sp³-hybridized carbons (Fsp3) is 0.516. The van der Waals surface area contributed by atoms with E-state index in [4.69, 9.17) is 13.9 Å². The molecule has 0 saturated heterocycles. The van der Waals surface area contributed by atoms with Crippen LogP contribution in [0.2, 0.25) is 0 Å². The number of aromatic hydroxyl groups is 1. The smallest absolute Gasteiger partial charge is 0.235 e. The monoisotopic (exact) mass is 539 g/mol. The number of phenolic OH excluding ortho intramolecular Hbond substituents is 1. The molecule has 0 unspecified atom stereocenters. The predicted molar refractivity (Wildman–Crippen MR) is 160 cm³/mol. The number of rotatable bonds is 16. The highest BCUT2D eigenvalue weighted by atomic mass is 16.5. The molecule has 0 radical (unpaired) electrons. The van der Waals surface area contributed by atoms with Crippen LogP contribution in [0.1, 0.15) is 39.5 Å². The van der Waals surface area contributed by atoms with Crippen molar-refractivity contribution in [2.75, 3.05) is 72.5 Å². The Labute approximate surface area is 232 Å². The minimum Gasteiger partial charge on any atom is -0.504 e. The maximum atomic E-state index is 13.1. The molecule has 1 N–H and O–H groups in total. The Bertz CT molecular complexity index is 1240. The maximum Gasteiger partial charge on any atom is 0.235 e. The largest absolute Gasteiger partial charge is 0.504 e. The quantitative estimate of drug-likeness (QED) is 0.241. The number of benzene rings is 2. The van der Waals surface area contributed by atoms with Crippen molar-refractivity contribution in [2.24, 2.45) is 0 Å². The number of hydrogen-bond donors (Lipinski definition) is 1. The van der Waals surface area contributed by atoms with Crippen LogP contribution >= 0.6 is 0 Å². The molecule has 0 bridgehead atoms. The Morgan fingerprint density at radius 1 is 0.821 bits per heavy atom. The van der Waals surface area contributed by atoms with Crippen molar-refractivity contribution in [3.63, 3.8) is 0 Å². The Morgan fingerprint density at radius 2 is 1.49 bits per heavy atom. The second kappa shape index (κ2) is 14.8. The molecule has 214 valence electrons. The highest BCUT2D eigenvalue weighted by Gasteiger charge is 2.21. The van der Waals surface area contributed by atoms with Crippen molar-refractivity contribution in [3.8, 4) is 28.6 Å². The van der Waals surface area contributed by atoms with Gasteiger partial charge in [0.1, 0.15) is 0 Å². The van der Waals surface area contributed by atoms with Gasteiger partial charge in [0.2, 0.25) is 16.9 Å². The van der Waals surface area contributed by atoms with Gasteiger partial charge in [0.05, 0.1) is 19.6 Å². The first-order valence-corrected chi connectivity index (χ1v) is 14.0. The van der Waals surface area contributed by atoms with Crippen LogP contribution in [-0.2, 0) is 0 Å². The third-order valence-corrected chi connectivity index (χ3v) is 7.22. The molecule has 0 aliphatic heterocycles. The van der Waals surface area contributed by atoms with Gasteiger partial charge in [-0.05, 0) is 102 Å². The number of phenols is 1. The molecule has 0 spiro atoms. The van der Waals surface area contributed by atoms with Gasteiger partial charge in [-0.2, -0.15) is 0 Å². The summed E-state index contributed by atoms with van der Waals surface area (Å²) >= 11 is 0. The van der Waals surface area contributed by atoms with Gasteiger partial charge in [-0.15, -0.1) is 0 Å². The molecule has 39 heavy (non-hydrogen) atoms. The molecule has 1 aromatic heterocycles. The average molecular weight is 540 g/mol. The fourth-order valence-electron chi connectivity index (χ4n) is 4.93. The molecule has 0 atom stereocenters. The molecule has 0 aliphatic rings. The van der Waals surface area contributed by atoms with Crippen molar-refractivity contribution in [1.29, 1.82) is 0 Å². The molecule has 3 aromatic rings. The number of anilines is 1. The van der Waals surface area contributed by atoms with Crippen LogP contribution in [0.25, 0.3) is 22.3 Å². The molecule has 8 heteroatoms. The Hall–Kier alpha value is -3.23. The van der Waals surface area contributed by atoms with E-state index in [1.54, 1.807) is 0 Å². The van der Waals surface area contributed by atoms with Gasteiger partial charge in [0, 0.05) is 24.8 Å². The summed E-state index contributed by atoms with van der Waals surface area (Å²) in [5.74, 6) is 0.443. The van der Waals surface area contributed by atoms with Crippen molar-refractivity contribution < 1.29 is 19.0 Å². The normalized spacial score (nSPS) is 11.5. The first kappa shape index (κ1) is 30.3. The van der Waals surface area contributed by atoms with E-state index in [0.717, 1.165) is 44.7 Å². The van der Waals surface area contributed by atoms with Crippen LogP contribution in [0.15, 0.2) is 45.6 Å². The lowest BCUT2D eigenvalue weighted by molar-refractivity contribution is 0.252. The van der Waals surface area contributed by atoms with Crippen molar-refractivity contribution in [1.82, 2.24) is 9.80 Å². The van der Waals surface area contributed by atoms with Gasteiger partial charge in [-0.3, -0.25) is 4.79 Å². The van der Waals surface area contributed by atoms with E-state index >= 15 is 0 Å². The lowest BCUT2D eigenvalue weighted by atomic mass is 10.1. The molecular weight excluding hydrogens is 494 g/mol. The fourth-order valence-corrected chi connectivity index (χ4v) is 4.93. The molecule has 0 saturated carbocycles. The molecule has 0 amide bonds. The zero-order valence-corrected chi connectivity index (χ0v) is 24.5. The summed E-state index contributed by atoms with van der Waals surface area (Å²) in [6.45, 7) is 11.2. The molecular formula is C31H45N3O5. The molecule has 0 fully saturated rings. The lowest BCUT2D eigenvalue weighted by Crippen LogP contribution is -2.29. The Balaban J connectivity index is 1.59. The number of fused-ring (bicyclic) bond motifs is 1. The highest BCUT2D eigenvalue weighted by Crippen LogP contribution is 2.38. The zero-order chi connectivity index (χ0) is 28.4. The molecule has 1 heterocycles. The van der Waals surface area contributed by atoms with Gasteiger partial charge in [-0.1, -0.05) is 13.8 Å². The van der Waals surface area contributed by atoms with Crippen LogP contribution in [-0.4, -0.2) is 82.5 Å². The number of ether oxygens (including phenoxy) is 2. The van der Waals surface area contributed by atoms with E-state index in [1.165, 1.54) is 52.3 Å². The van der Waals surface area contributed by atoms with Crippen molar-refractivity contribution in [3.05, 3.63) is 46.6 Å².